The summed E-state index contributed by atoms with van der Waals surface area (Å²) in [5.74, 6) is 1.64. The number of hydrogen-bond donors (Lipinski definition) is 0. The molecule has 0 unspecified atom stereocenters. The van der Waals surface area contributed by atoms with Gasteiger partial charge in [-0.3, -0.25) is 0 Å². The number of halogens is 2. The molecule has 0 bridgehead atoms. The van der Waals surface area contributed by atoms with Crippen LogP contribution >= 0.6 is 45.9 Å². The highest BCUT2D eigenvalue weighted by Gasteiger charge is 2.31. The van der Waals surface area contributed by atoms with Crippen LogP contribution in [-0.4, -0.2) is 109 Å². The summed E-state index contributed by atoms with van der Waals surface area (Å²) in [6.45, 7) is 10.3. The van der Waals surface area contributed by atoms with Gasteiger partial charge in [0.2, 0.25) is 25.8 Å². The number of nitrogens with zero attached hydrogens (tertiary/aromatic N) is 6. The molecule has 4 aromatic carbocycles. The van der Waals surface area contributed by atoms with Gasteiger partial charge in [0.1, 0.15) is 0 Å². The number of anilines is 2. The van der Waals surface area contributed by atoms with Gasteiger partial charge in [-0.15, -0.1) is 22.7 Å². The molecule has 0 radical (unpaired) electrons. The minimum atomic E-state index is -3.55. The summed E-state index contributed by atoms with van der Waals surface area (Å²) in [7, 11) is -2.35. The van der Waals surface area contributed by atoms with Crippen LogP contribution in [0.15, 0.2) is 93.3 Å². The van der Waals surface area contributed by atoms with Crippen LogP contribution in [0.4, 0.5) is 10.3 Å². The molecule has 6 aromatic rings. The molecule has 13 nitrogen and oxygen atoms in total. The fourth-order valence-corrected chi connectivity index (χ4v) is 12.5. The van der Waals surface area contributed by atoms with E-state index in [1.165, 1.54) is 54.3 Å². The van der Waals surface area contributed by atoms with Crippen molar-refractivity contribution >= 4 is 76.2 Å². The summed E-state index contributed by atoms with van der Waals surface area (Å²) in [4.78, 5) is 14.4. The van der Waals surface area contributed by atoms with Crippen molar-refractivity contribution in [1.29, 1.82) is 0 Å². The van der Waals surface area contributed by atoms with E-state index in [1.54, 1.807) is 69.1 Å². The zero-order valence-corrected chi connectivity index (χ0v) is 40.4. The van der Waals surface area contributed by atoms with Crippen molar-refractivity contribution in [2.75, 3.05) is 83.5 Å². The summed E-state index contributed by atoms with van der Waals surface area (Å²) >= 11 is 14.9. The predicted octanol–water partition coefficient (Wildman–Crippen LogP) is 8.90. The molecule has 8 rings (SSSR count). The monoisotopic (exact) mass is 970 g/mol. The second-order valence-electron chi connectivity index (χ2n) is 14.9. The summed E-state index contributed by atoms with van der Waals surface area (Å²) in [5, 5.41) is 6.86. The standard InChI is InChI=1S/C22H24ClN3O5S2.C22H24ClN3O2S2/c1-29-19-12-15(13-20(30-2)21(19)31-3)18-14-32-22(24-18)25-8-10-26(11-9-25)33(27,28)17-6-4-16(23)5-7-17;1-15-12-16(2)21(17(3)13-15)20-14-29-22(24-20)25-8-10-26(11-9-25)30(27,28)19-6-4-18(23)5-7-19/h4-7,12-14H,8-11H2,1-3H3;4-7,12-14H,8-11H2,1-3H3. The molecule has 2 aromatic heterocycles. The van der Waals surface area contributed by atoms with E-state index < -0.39 is 20.0 Å². The second-order valence-corrected chi connectivity index (χ2v) is 21.3. The minimum absolute atomic E-state index is 0.249. The highest BCUT2D eigenvalue weighted by atomic mass is 35.5. The number of ether oxygens (including phenoxy) is 3. The van der Waals surface area contributed by atoms with Crippen molar-refractivity contribution < 1.29 is 31.0 Å². The van der Waals surface area contributed by atoms with E-state index in [4.69, 9.17) is 47.4 Å². The molecule has 0 saturated carbocycles. The van der Waals surface area contributed by atoms with Gasteiger partial charge in [-0.05, 0) is 92.6 Å². The Morgan fingerprint density at radius 3 is 1.35 bits per heavy atom. The second kappa shape index (κ2) is 19.7. The number of benzene rings is 4. The third kappa shape index (κ3) is 10.3. The maximum Gasteiger partial charge on any atom is 0.243 e. The summed E-state index contributed by atoms with van der Waals surface area (Å²) in [6.07, 6.45) is 0. The van der Waals surface area contributed by atoms with Crippen molar-refractivity contribution in [3.63, 3.8) is 0 Å². The third-order valence-corrected chi connectivity index (χ3v) is 16.9. The zero-order chi connectivity index (χ0) is 45.1. The topological polar surface area (TPSA) is 135 Å². The first-order valence-electron chi connectivity index (χ1n) is 19.9. The van der Waals surface area contributed by atoms with Crippen LogP contribution in [0.5, 0.6) is 17.2 Å². The molecule has 2 saturated heterocycles. The lowest BCUT2D eigenvalue weighted by atomic mass is 9.98. The Balaban J connectivity index is 0.000000190. The lowest BCUT2D eigenvalue weighted by Gasteiger charge is -2.33. The van der Waals surface area contributed by atoms with E-state index in [0.717, 1.165) is 27.2 Å². The first kappa shape index (κ1) is 46.5. The van der Waals surface area contributed by atoms with Crippen LogP contribution in [0.2, 0.25) is 10.0 Å². The Labute approximate surface area is 387 Å². The Bertz CT molecular complexity index is 2720. The Hall–Kier alpha value is -4.46. The number of piperazine rings is 2. The molecule has 19 heteroatoms. The van der Waals surface area contributed by atoms with Crippen molar-refractivity contribution in [2.45, 2.75) is 30.6 Å². The van der Waals surface area contributed by atoms with Crippen LogP contribution in [0.25, 0.3) is 22.5 Å². The fourth-order valence-electron chi connectivity index (χ4n) is 7.63. The molecule has 0 aliphatic carbocycles. The van der Waals surface area contributed by atoms with Crippen LogP contribution in [-0.2, 0) is 20.0 Å². The van der Waals surface area contributed by atoms with Gasteiger partial charge in [0, 0.05) is 84.3 Å². The van der Waals surface area contributed by atoms with Crippen LogP contribution in [0.3, 0.4) is 0 Å². The van der Waals surface area contributed by atoms with E-state index in [-0.39, 0.29) is 9.79 Å². The summed E-state index contributed by atoms with van der Waals surface area (Å²) in [6, 6.07) is 20.7. The molecule has 2 aliphatic rings. The highest BCUT2D eigenvalue weighted by Crippen LogP contribution is 2.42. The SMILES string of the molecule is COc1cc(-c2csc(N3CCN(S(=O)(=O)c4ccc(Cl)cc4)CC3)n2)cc(OC)c1OC.Cc1cc(C)c(-c2csc(N3CCN(S(=O)(=O)c4ccc(Cl)cc4)CC3)n2)c(C)c1. The van der Waals surface area contributed by atoms with Gasteiger partial charge in [-0.2, -0.15) is 8.61 Å². The number of thiazole rings is 2. The Morgan fingerprint density at radius 2 is 0.952 bits per heavy atom. The molecule has 0 spiro atoms. The molecule has 0 atom stereocenters. The Morgan fingerprint density at radius 1 is 0.556 bits per heavy atom. The molecular weight excluding hydrogens is 924 g/mol. The molecule has 0 amide bonds. The van der Waals surface area contributed by atoms with Gasteiger partial charge in [0.15, 0.2) is 21.8 Å². The molecule has 2 fully saturated rings. The maximum absolute atomic E-state index is 12.9. The molecule has 0 N–H and O–H groups in total. The van der Waals surface area contributed by atoms with Gasteiger partial charge in [-0.1, -0.05) is 40.9 Å². The smallest absolute Gasteiger partial charge is 0.243 e. The number of rotatable bonds is 11. The fraction of sp³-hybridized carbons (Fsp3) is 0.318. The van der Waals surface area contributed by atoms with E-state index in [1.807, 2.05) is 17.5 Å². The van der Waals surface area contributed by atoms with Crippen molar-refractivity contribution in [3.05, 3.63) is 110 Å². The molecule has 4 heterocycles. The lowest BCUT2D eigenvalue weighted by molar-refractivity contribution is 0.324. The molecular formula is C44H48Cl2N6O7S4. The van der Waals surface area contributed by atoms with Crippen molar-refractivity contribution in [1.82, 2.24) is 18.6 Å². The average molecular weight is 972 g/mol. The van der Waals surface area contributed by atoms with E-state index in [9.17, 15) is 16.8 Å². The van der Waals surface area contributed by atoms with Crippen LogP contribution in [0.1, 0.15) is 16.7 Å². The molecule has 63 heavy (non-hydrogen) atoms. The number of aryl methyl sites for hydroxylation is 3. The Kier molecular flexibility index (Phi) is 14.6. The van der Waals surface area contributed by atoms with Gasteiger partial charge in [0.05, 0.1) is 42.5 Å². The maximum atomic E-state index is 12.9. The van der Waals surface area contributed by atoms with E-state index in [2.05, 4.69) is 48.1 Å². The van der Waals surface area contributed by atoms with Crippen molar-refractivity contribution in [3.8, 4) is 39.8 Å². The normalized spacial score (nSPS) is 15.2. The number of sulfonamides is 2. The zero-order valence-electron chi connectivity index (χ0n) is 35.7. The average Bonchev–Trinajstić information content (AvgIpc) is 3.98. The van der Waals surface area contributed by atoms with E-state index >= 15 is 0 Å². The van der Waals surface area contributed by atoms with Gasteiger partial charge in [-0.25, -0.2) is 26.8 Å². The quantitative estimate of drug-likeness (QED) is 0.123. The minimum Gasteiger partial charge on any atom is -0.493 e. The molecule has 334 valence electrons. The largest absolute Gasteiger partial charge is 0.493 e. The van der Waals surface area contributed by atoms with E-state index in [0.29, 0.717) is 79.7 Å². The first-order chi connectivity index (χ1) is 30.1. The number of aromatic nitrogens is 2. The summed E-state index contributed by atoms with van der Waals surface area (Å²) in [5.41, 5.74) is 7.50. The van der Waals surface area contributed by atoms with Crippen molar-refractivity contribution in [2.24, 2.45) is 0 Å². The van der Waals surface area contributed by atoms with Gasteiger partial charge < -0.3 is 24.0 Å². The first-order valence-corrected chi connectivity index (χ1v) is 25.3. The lowest BCUT2D eigenvalue weighted by Crippen LogP contribution is -2.48. The highest BCUT2D eigenvalue weighted by molar-refractivity contribution is 7.89. The number of hydrogen-bond acceptors (Lipinski definition) is 13. The van der Waals surface area contributed by atoms with Crippen LogP contribution < -0.4 is 24.0 Å². The third-order valence-electron chi connectivity index (χ3n) is 10.8. The molecule has 2 aliphatic heterocycles. The summed E-state index contributed by atoms with van der Waals surface area (Å²) < 4.78 is 70.9. The van der Waals surface area contributed by atoms with Gasteiger partial charge >= 0.3 is 0 Å². The van der Waals surface area contributed by atoms with Gasteiger partial charge in [0.25, 0.3) is 0 Å². The van der Waals surface area contributed by atoms with Crippen LogP contribution in [0, 0.1) is 20.8 Å². The predicted molar refractivity (Wildman–Crippen MR) is 254 cm³/mol. The number of methoxy groups -OCH3 is 3.